The standard InChI is InChI=1S/C14H17BrN2O2/c1-10-4-3-5-12(13(10)15)14(19)17-8-6-16(7-9-17)11(2)18/h3-5H,6-9H2,1-2H3. The Morgan fingerprint density at radius 2 is 1.68 bits per heavy atom. The summed E-state index contributed by atoms with van der Waals surface area (Å²) < 4.78 is 0.856. The molecule has 1 aromatic carbocycles. The summed E-state index contributed by atoms with van der Waals surface area (Å²) in [6.45, 7) is 5.95. The van der Waals surface area contributed by atoms with Gasteiger partial charge >= 0.3 is 0 Å². The van der Waals surface area contributed by atoms with Gasteiger partial charge in [-0.3, -0.25) is 9.59 Å². The third-order valence-electron chi connectivity index (χ3n) is 3.43. The summed E-state index contributed by atoms with van der Waals surface area (Å²) in [5.74, 6) is 0.0996. The van der Waals surface area contributed by atoms with Gasteiger partial charge in [-0.05, 0) is 34.5 Å². The number of rotatable bonds is 1. The summed E-state index contributed by atoms with van der Waals surface area (Å²) in [4.78, 5) is 27.3. The molecule has 0 aromatic heterocycles. The lowest BCUT2D eigenvalue weighted by atomic mass is 10.1. The van der Waals surface area contributed by atoms with E-state index in [-0.39, 0.29) is 11.8 Å². The normalized spacial score (nSPS) is 15.5. The van der Waals surface area contributed by atoms with E-state index in [2.05, 4.69) is 15.9 Å². The molecule has 5 heteroatoms. The minimum atomic E-state index is 0.0266. The second-order valence-corrected chi connectivity index (χ2v) is 5.53. The van der Waals surface area contributed by atoms with Crippen molar-refractivity contribution in [3.8, 4) is 0 Å². The number of aryl methyl sites for hydroxylation is 1. The summed E-state index contributed by atoms with van der Waals surface area (Å²) in [6.07, 6.45) is 0. The van der Waals surface area contributed by atoms with Crippen LogP contribution in [0.2, 0.25) is 0 Å². The van der Waals surface area contributed by atoms with Crippen LogP contribution in [0.4, 0.5) is 0 Å². The fourth-order valence-corrected chi connectivity index (χ4v) is 2.64. The second-order valence-electron chi connectivity index (χ2n) is 4.73. The van der Waals surface area contributed by atoms with Gasteiger partial charge in [0, 0.05) is 37.6 Å². The molecular formula is C14H17BrN2O2. The fourth-order valence-electron chi connectivity index (χ4n) is 2.21. The molecule has 4 nitrogen and oxygen atoms in total. The molecule has 1 aromatic rings. The predicted molar refractivity (Wildman–Crippen MR) is 77.0 cm³/mol. The number of benzene rings is 1. The molecule has 0 N–H and O–H groups in total. The van der Waals surface area contributed by atoms with E-state index in [1.54, 1.807) is 16.7 Å². The monoisotopic (exact) mass is 324 g/mol. The van der Waals surface area contributed by atoms with Crippen LogP contribution in [-0.4, -0.2) is 47.8 Å². The molecular weight excluding hydrogens is 308 g/mol. The van der Waals surface area contributed by atoms with Gasteiger partial charge in [-0.15, -0.1) is 0 Å². The van der Waals surface area contributed by atoms with E-state index in [0.717, 1.165) is 10.0 Å². The maximum absolute atomic E-state index is 12.4. The summed E-state index contributed by atoms with van der Waals surface area (Å²) in [5, 5.41) is 0. The molecule has 19 heavy (non-hydrogen) atoms. The molecule has 0 saturated carbocycles. The highest BCUT2D eigenvalue weighted by molar-refractivity contribution is 9.10. The molecule has 1 aliphatic heterocycles. The quantitative estimate of drug-likeness (QED) is 0.793. The number of nitrogens with zero attached hydrogens (tertiary/aromatic N) is 2. The highest BCUT2D eigenvalue weighted by Crippen LogP contribution is 2.22. The van der Waals surface area contributed by atoms with E-state index >= 15 is 0 Å². The lowest BCUT2D eigenvalue weighted by Crippen LogP contribution is -2.50. The maximum Gasteiger partial charge on any atom is 0.255 e. The Balaban J connectivity index is 2.09. The van der Waals surface area contributed by atoms with Crippen LogP contribution in [0.15, 0.2) is 22.7 Å². The minimum Gasteiger partial charge on any atom is -0.339 e. The highest BCUT2D eigenvalue weighted by Gasteiger charge is 2.24. The Bertz CT molecular complexity index is 508. The van der Waals surface area contributed by atoms with Crippen molar-refractivity contribution < 1.29 is 9.59 Å². The first-order chi connectivity index (χ1) is 9.00. The van der Waals surface area contributed by atoms with Gasteiger partial charge in [-0.2, -0.15) is 0 Å². The van der Waals surface area contributed by atoms with Gasteiger partial charge in [0.25, 0.3) is 5.91 Å². The molecule has 1 heterocycles. The van der Waals surface area contributed by atoms with E-state index in [0.29, 0.717) is 31.7 Å². The van der Waals surface area contributed by atoms with Crippen molar-refractivity contribution in [3.63, 3.8) is 0 Å². The maximum atomic E-state index is 12.4. The lowest BCUT2D eigenvalue weighted by molar-refractivity contribution is -0.130. The van der Waals surface area contributed by atoms with E-state index in [1.165, 1.54) is 0 Å². The Kier molecular flexibility index (Phi) is 4.24. The Labute approximate surface area is 121 Å². The lowest BCUT2D eigenvalue weighted by Gasteiger charge is -2.34. The van der Waals surface area contributed by atoms with Crippen LogP contribution in [0.5, 0.6) is 0 Å². The van der Waals surface area contributed by atoms with Crippen LogP contribution < -0.4 is 0 Å². The molecule has 1 fully saturated rings. The molecule has 2 amide bonds. The first-order valence-electron chi connectivity index (χ1n) is 6.30. The Hall–Kier alpha value is -1.36. The Morgan fingerprint density at radius 3 is 2.26 bits per heavy atom. The van der Waals surface area contributed by atoms with Gasteiger partial charge in [0.2, 0.25) is 5.91 Å². The molecule has 0 unspecified atom stereocenters. The van der Waals surface area contributed by atoms with Crippen molar-refractivity contribution in [2.75, 3.05) is 26.2 Å². The number of carbonyl (C=O) groups is 2. The van der Waals surface area contributed by atoms with Crippen molar-refractivity contribution >= 4 is 27.7 Å². The summed E-state index contributed by atoms with van der Waals surface area (Å²) in [6, 6.07) is 5.68. The molecule has 0 bridgehead atoms. The molecule has 1 aliphatic rings. The topological polar surface area (TPSA) is 40.6 Å². The number of piperazine rings is 1. The average molecular weight is 325 g/mol. The van der Waals surface area contributed by atoms with Crippen LogP contribution in [-0.2, 0) is 4.79 Å². The summed E-state index contributed by atoms with van der Waals surface area (Å²) >= 11 is 3.47. The van der Waals surface area contributed by atoms with Gasteiger partial charge in [0.1, 0.15) is 0 Å². The summed E-state index contributed by atoms with van der Waals surface area (Å²) in [5.41, 5.74) is 1.74. The zero-order valence-corrected chi connectivity index (χ0v) is 12.7. The molecule has 0 aliphatic carbocycles. The van der Waals surface area contributed by atoms with Crippen molar-refractivity contribution in [2.45, 2.75) is 13.8 Å². The fraction of sp³-hybridized carbons (Fsp3) is 0.429. The third kappa shape index (κ3) is 2.97. The zero-order chi connectivity index (χ0) is 14.0. The molecule has 0 radical (unpaired) electrons. The second kappa shape index (κ2) is 5.74. The average Bonchev–Trinajstić information content (AvgIpc) is 2.41. The van der Waals surface area contributed by atoms with Crippen LogP contribution in [0.25, 0.3) is 0 Å². The smallest absolute Gasteiger partial charge is 0.255 e. The first-order valence-corrected chi connectivity index (χ1v) is 7.10. The van der Waals surface area contributed by atoms with Gasteiger partial charge in [0.15, 0.2) is 0 Å². The van der Waals surface area contributed by atoms with Crippen LogP contribution in [0.3, 0.4) is 0 Å². The SMILES string of the molecule is CC(=O)N1CCN(C(=O)c2cccc(C)c2Br)CC1. The van der Waals surface area contributed by atoms with Crippen molar-refractivity contribution in [1.29, 1.82) is 0 Å². The first kappa shape index (κ1) is 14.1. The number of carbonyl (C=O) groups excluding carboxylic acids is 2. The van der Waals surface area contributed by atoms with Gasteiger partial charge in [-0.1, -0.05) is 12.1 Å². The Morgan fingerprint density at radius 1 is 1.11 bits per heavy atom. The van der Waals surface area contributed by atoms with Crippen LogP contribution >= 0.6 is 15.9 Å². The van der Waals surface area contributed by atoms with Crippen molar-refractivity contribution in [3.05, 3.63) is 33.8 Å². The number of hydrogen-bond donors (Lipinski definition) is 0. The number of amides is 2. The molecule has 2 rings (SSSR count). The molecule has 0 spiro atoms. The van der Waals surface area contributed by atoms with Gasteiger partial charge in [0.05, 0.1) is 5.56 Å². The van der Waals surface area contributed by atoms with Crippen LogP contribution in [0.1, 0.15) is 22.8 Å². The molecule has 1 saturated heterocycles. The summed E-state index contributed by atoms with van der Waals surface area (Å²) in [7, 11) is 0. The zero-order valence-electron chi connectivity index (χ0n) is 11.1. The largest absolute Gasteiger partial charge is 0.339 e. The van der Waals surface area contributed by atoms with E-state index in [9.17, 15) is 9.59 Å². The third-order valence-corrected chi connectivity index (χ3v) is 4.49. The van der Waals surface area contributed by atoms with Crippen LogP contribution in [0, 0.1) is 6.92 Å². The molecule has 102 valence electrons. The predicted octanol–water partition coefficient (Wildman–Crippen LogP) is 2.06. The number of halogens is 1. The van der Waals surface area contributed by atoms with Gasteiger partial charge in [-0.25, -0.2) is 0 Å². The van der Waals surface area contributed by atoms with E-state index in [1.807, 2.05) is 25.1 Å². The van der Waals surface area contributed by atoms with E-state index < -0.39 is 0 Å². The highest BCUT2D eigenvalue weighted by atomic mass is 79.9. The number of hydrogen-bond acceptors (Lipinski definition) is 2. The molecule has 0 atom stereocenters. The minimum absolute atomic E-state index is 0.0266. The van der Waals surface area contributed by atoms with Gasteiger partial charge < -0.3 is 9.80 Å². The van der Waals surface area contributed by atoms with E-state index in [4.69, 9.17) is 0 Å². The van der Waals surface area contributed by atoms with Crippen molar-refractivity contribution in [1.82, 2.24) is 9.80 Å². The van der Waals surface area contributed by atoms with Crippen molar-refractivity contribution in [2.24, 2.45) is 0 Å².